The quantitative estimate of drug-likeness (QED) is 0.804. The Morgan fingerprint density at radius 1 is 1.44 bits per heavy atom. The van der Waals surface area contributed by atoms with Crippen LogP contribution in [0.1, 0.15) is 31.1 Å². The highest BCUT2D eigenvalue weighted by Crippen LogP contribution is 2.21. The van der Waals surface area contributed by atoms with Crippen LogP contribution >= 0.6 is 0 Å². The molecule has 1 aromatic rings. The molecular weight excluding hydrogens is 228 g/mol. The summed E-state index contributed by atoms with van der Waals surface area (Å²) in [6, 6.07) is 6.92. The van der Waals surface area contributed by atoms with Gasteiger partial charge >= 0.3 is 0 Å². The van der Waals surface area contributed by atoms with Crippen molar-refractivity contribution in [2.75, 3.05) is 19.4 Å². The molecule has 100 valence electrons. The van der Waals surface area contributed by atoms with Crippen LogP contribution in [0.5, 0.6) is 0 Å². The summed E-state index contributed by atoms with van der Waals surface area (Å²) >= 11 is 0. The number of hydrogen-bond donors (Lipinski definition) is 2. The van der Waals surface area contributed by atoms with Gasteiger partial charge in [0.15, 0.2) is 0 Å². The SMILES string of the molecule is COC(CNC(=O)c1cccc(N)c1)C(C)(C)C. The van der Waals surface area contributed by atoms with E-state index in [-0.39, 0.29) is 17.4 Å². The highest BCUT2D eigenvalue weighted by Gasteiger charge is 2.24. The van der Waals surface area contributed by atoms with Gasteiger partial charge in [-0.05, 0) is 23.6 Å². The molecule has 0 aliphatic rings. The fourth-order valence-corrected chi connectivity index (χ4v) is 1.71. The van der Waals surface area contributed by atoms with Gasteiger partial charge in [-0.1, -0.05) is 26.8 Å². The fraction of sp³-hybridized carbons (Fsp3) is 0.500. The predicted octanol–water partition coefficient (Wildman–Crippen LogP) is 2.06. The minimum atomic E-state index is -0.131. The molecule has 0 aromatic heterocycles. The summed E-state index contributed by atoms with van der Waals surface area (Å²) in [6.07, 6.45) is -0.0255. The smallest absolute Gasteiger partial charge is 0.251 e. The van der Waals surface area contributed by atoms with Gasteiger partial charge in [-0.25, -0.2) is 0 Å². The lowest BCUT2D eigenvalue weighted by atomic mass is 9.89. The van der Waals surface area contributed by atoms with Crippen LogP contribution in [0, 0.1) is 5.41 Å². The Hall–Kier alpha value is -1.55. The molecule has 1 aromatic carbocycles. The van der Waals surface area contributed by atoms with Gasteiger partial charge in [0.25, 0.3) is 5.91 Å². The van der Waals surface area contributed by atoms with Crippen LogP contribution in [0.15, 0.2) is 24.3 Å². The number of methoxy groups -OCH3 is 1. The molecule has 0 aliphatic carbocycles. The van der Waals surface area contributed by atoms with Crippen molar-refractivity contribution in [1.29, 1.82) is 0 Å². The number of rotatable bonds is 4. The third-order valence-corrected chi connectivity index (χ3v) is 2.85. The molecule has 0 saturated heterocycles. The Morgan fingerprint density at radius 2 is 2.11 bits per heavy atom. The number of nitrogens with one attached hydrogen (secondary N) is 1. The van der Waals surface area contributed by atoms with Crippen molar-refractivity contribution < 1.29 is 9.53 Å². The molecule has 0 saturated carbocycles. The van der Waals surface area contributed by atoms with Gasteiger partial charge in [-0.3, -0.25) is 4.79 Å². The zero-order valence-electron chi connectivity index (χ0n) is 11.5. The van der Waals surface area contributed by atoms with Crippen molar-refractivity contribution in [2.24, 2.45) is 5.41 Å². The summed E-state index contributed by atoms with van der Waals surface area (Å²) in [5, 5.41) is 2.86. The molecule has 0 bridgehead atoms. The number of nitrogens with two attached hydrogens (primary N) is 1. The van der Waals surface area contributed by atoms with E-state index in [2.05, 4.69) is 26.1 Å². The van der Waals surface area contributed by atoms with Crippen LogP contribution in [0.2, 0.25) is 0 Å². The van der Waals surface area contributed by atoms with E-state index in [9.17, 15) is 4.79 Å². The molecule has 1 atom stereocenters. The zero-order chi connectivity index (χ0) is 13.8. The molecule has 3 N–H and O–H groups in total. The lowest BCUT2D eigenvalue weighted by Gasteiger charge is -2.29. The average molecular weight is 250 g/mol. The van der Waals surface area contributed by atoms with Crippen LogP contribution < -0.4 is 11.1 Å². The Kier molecular flexibility index (Phi) is 4.73. The lowest BCUT2D eigenvalue weighted by molar-refractivity contribution is 0.0176. The van der Waals surface area contributed by atoms with E-state index in [1.165, 1.54) is 0 Å². The van der Waals surface area contributed by atoms with Crippen LogP contribution in [-0.2, 0) is 4.74 Å². The summed E-state index contributed by atoms with van der Waals surface area (Å²) in [5.74, 6) is -0.131. The fourth-order valence-electron chi connectivity index (χ4n) is 1.71. The Balaban J connectivity index is 2.61. The number of nitrogen functional groups attached to an aromatic ring is 1. The van der Waals surface area contributed by atoms with Crippen LogP contribution in [0.25, 0.3) is 0 Å². The zero-order valence-corrected chi connectivity index (χ0v) is 11.5. The first-order valence-electron chi connectivity index (χ1n) is 6.01. The second kappa shape index (κ2) is 5.87. The molecule has 0 aliphatic heterocycles. The number of carbonyl (C=O) groups excluding carboxylic acids is 1. The summed E-state index contributed by atoms with van der Waals surface area (Å²) in [4.78, 5) is 11.9. The van der Waals surface area contributed by atoms with Gasteiger partial charge in [0.05, 0.1) is 6.10 Å². The van der Waals surface area contributed by atoms with Gasteiger partial charge in [0, 0.05) is 24.9 Å². The predicted molar refractivity (Wildman–Crippen MR) is 73.4 cm³/mol. The Morgan fingerprint density at radius 3 is 2.61 bits per heavy atom. The number of hydrogen-bond acceptors (Lipinski definition) is 3. The van der Waals surface area contributed by atoms with Crippen molar-refractivity contribution in [2.45, 2.75) is 26.9 Å². The van der Waals surface area contributed by atoms with E-state index in [1.807, 2.05) is 0 Å². The maximum absolute atomic E-state index is 11.9. The summed E-state index contributed by atoms with van der Waals surface area (Å²) in [7, 11) is 1.66. The number of amides is 1. The number of carbonyl (C=O) groups is 1. The largest absolute Gasteiger partial charge is 0.399 e. The van der Waals surface area contributed by atoms with E-state index >= 15 is 0 Å². The summed E-state index contributed by atoms with van der Waals surface area (Å²) in [6.45, 7) is 6.71. The van der Waals surface area contributed by atoms with E-state index in [1.54, 1.807) is 31.4 Å². The van der Waals surface area contributed by atoms with E-state index in [4.69, 9.17) is 10.5 Å². The van der Waals surface area contributed by atoms with E-state index in [0.29, 0.717) is 17.8 Å². The van der Waals surface area contributed by atoms with Crippen molar-refractivity contribution in [3.05, 3.63) is 29.8 Å². The molecule has 0 heterocycles. The monoisotopic (exact) mass is 250 g/mol. The average Bonchev–Trinajstić information content (AvgIpc) is 2.27. The van der Waals surface area contributed by atoms with Crippen molar-refractivity contribution in [3.8, 4) is 0 Å². The Labute approximate surface area is 109 Å². The molecule has 1 amide bonds. The maximum atomic E-state index is 11.9. The molecular formula is C14H22N2O2. The first-order chi connectivity index (χ1) is 8.34. The van der Waals surface area contributed by atoms with Gasteiger partial charge in [0.1, 0.15) is 0 Å². The highest BCUT2D eigenvalue weighted by molar-refractivity contribution is 5.94. The third kappa shape index (κ3) is 4.04. The molecule has 4 nitrogen and oxygen atoms in total. The molecule has 0 radical (unpaired) electrons. The van der Waals surface area contributed by atoms with Gasteiger partial charge < -0.3 is 15.8 Å². The van der Waals surface area contributed by atoms with Crippen LogP contribution in [-0.4, -0.2) is 25.7 Å². The van der Waals surface area contributed by atoms with Crippen molar-refractivity contribution in [3.63, 3.8) is 0 Å². The third-order valence-electron chi connectivity index (χ3n) is 2.85. The van der Waals surface area contributed by atoms with Gasteiger partial charge in [-0.15, -0.1) is 0 Å². The number of benzene rings is 1. The standard InChI is InChI=1S/C14H22N2O2/c1-14(2,3)12(18-4)9-16-13(17)10-6-5-7-11(15)8-10/h5-8,12H,9,15H2,1-4H3,(H,16,17). The molecule has 0 spiro atoms. The number of anilines is 1. The molecule has 1 rings (SSSR count). The highest BCUT2D eigenvalue weighted by atomic mass is 16.5. The first kappa shape index (κ1) is 14.5. The van der Waals surface area contributed by atoms with Crippen molar-refractivity contribution >= 4 is 11.6 Å². The minimum Gasteiger partial charge on any atom is -0.399 e. The normalized spacial score (nSPS) is 13.1. The second-order valence-corrected chi connectivity index (χ2v) is 5.43. The maximum Gasteiger partial charge on any atom is 0.251 e. The molecule has 4 heteroatoms. The topological polar surface area (TPSA) is 64.3 Å². The second-order valence-electron chi connectivity index (χ2n) is 5.43. The molecule has 0 fully saturated rings. The molecule has 18 heavy (non-hydrogen) atoms. The van der Waals surface area contributed by atoms with Gasteiger partial charge in [-0.2, -0.15) is 0 Å². The van der Waals surface area contributed by atoms with Crippen molar-refractivity contribution in [1.82, 2.24) is 5.32 Å². The first-order valence-corrected chi connectivity index (χ1v) is 6.01. The van der Waals surface area contributed by atoms with Crippen LogP contribution in [0.4, 0.5) is 5.69 Å². The molecule has 1 unspecified atom stereocenters. The summed E-state index contributed by atoms with van der Waals surface area (Å²) < 4.78 is 5.39. The minimum absolute atomic E-state index is 0.0161. The Bertz CT molecular complexity index is 411. The lowest BCUT2D eigenvalue weighted by Crippen LogP contribution is -2.40. The number of ether oxygens (including phenoxy) is 1. The van der Waals surface area contributed by atoms with E-state index in [0.717, 1.165) is 0 Å². The van der Waals surface area contributed by atoms with Crippen LogP contribution in [0.3, 0.4) is 0 Å². The van der Waals surface area contributed by atoms with Gasteiger partial charge in [0.2, 0.25) is 0 Å². The van der Waals surface area contributed by atoms with E-state index < -0.39 is 0 Å². The summed E-state index contributed by atoms with van der Waals surface area (Å²) in [5.41, 5.74) is 6.78.